The van der Waals surface area contributed by atoms with Gasteiger partial charge < -0.3 is 20.3 Å². The number of nitrogens with zero attached hydrogens (tertiary/aromatic N) is 2. The average molecular weight is 368 g/mol. The lowest BCUT2D eigenvalue weighted by Gasteiger charge is -2.21. The second-order valence-corrected chi connectivity index (χ2v) is 6.76. The van der Waals surface area contributed by atoms with Gasteiger partial charge in [0.2, 0.25) is 0 Å². The summed E-state index contributed by atoms with van der Waals surface area (Å²) in [6.45, 7) is 6.01. The van der Waals surface area contributed by atoms with Crippen LogP contribution in [0.25, 0.3) is 0 Å². The number of hydrogen-bond donors (Lipinski definition) is 2. The van der Waals surface area contributed by atoms with Gasteiger partial charge in [0.1, 0.15) is 11.6 Å². The predicted octanol–water partition coefficient (Wildman–Crippen LogP) is 4.21. The molecule has 1 heterocycles. The van der Waals surface area contributed by atoms with E-state index in [2.05, 4.69) is 34.4 Å². The first-order chi connectivity index (χ1) is 13.1. The monoisotopic (exact) mass is 368 g/mol. The van der Waals surface area contributed by atoms with Crippen molar-refractivity contribution in [3.8, 4) is 5.75 Å². The topological polar surface area (TPSA) is 66.5 Å². The van der Waals surface area contributed by atoms with Crippen molar-refractivity contribution in [3.63, 3.8) is 0 Å². The number of ether oxygens (including phenoxy) is 1. The van der Waals surface area contributed by atoms with Crippen LogP contribution in [-0.2, 0) is 0 Å². The minimum absolute atomic E-state index is 0.0128. The van der Waals surface area contributed by atoms with Crippen molar-refractivity contribution < 1.29 is 9.53 Å². The van der Waals surface area contributed by atoms with Crippen molar-refractivity contribution in [1.82, 2.24) is 10.3 Å². The van der Waals surface area contributed by atoms with E-state index >= 15 is 0 Å². The van der Waals surface area contributed by atoms with Crippen LogP contribution in [0, 0.1) is 5.92 Å². The SMILES string of the molecule is CCN(CC)c1ccc(NC(=O)N[C@H](c2ccc(OC)cc2)C2CC2)cn1. The zero-order chi connectivity index (χ0) is 19.2. The average Bonchev–Trinajstić information content (AvgIpc) is 3.54. The third-order valence-electron chi connectivity index (χ3n) is 4.95. The van der Waals surface area contributed by atoms with Gasteiger partial charge in [0.15, 0.2) is 0 Å². The van der Waals surface area contributed by atoms with E-state index in [0.717, 1.165) is 43.1 Å². The number of benzene rings is 1. The molecule has 0 spiro atoms. The summed E-state index contributed by atoms with van der Waals surface area (Å²) in [5.41, 5.74) is 1.79. The minimum atomic E-state index is -0.208. The molecule has 0 radical (unpaired) electrons. The number of nitrogens with one attached hydrogen (secondary N) is 2. The van der Waals surface area contributed by atoms with Gasteiger partial charge >= 0.3 is 6.03 Å². The Balaban J connectivity index is 1.62. The van der Waals surface area contributed by atoms with Crippen LogP contribution in [0.4, 0.5) is 16.3 Å². The molecule has 27 heavy (non-hydrogen) atoms. The zero-order valence-corrected chi connectivity index (χ0v) is 16.2. The van der Waals surface area contributed by atoms with E-state index in [-0.39, 0.29) is 12.1 Å². The van der Waals surface area contributed by atoms with Crippen molar-refractivity contribution in [3.05, 3.63) is 48.2 Å². The van der Waals surface area contributed by atoms with E-state index in [0.29, 0.717) is 11.6 Å². The van der Waals surface area contributed by atoms with Crippen LogP contribution in [-0.4, -0.2) is 31.2 Å². The first-order valence-corrected chi connectivity index (χ1v) is 9.57. The summed E-state index contributed by atoms with van der Waals surface area (Å²) >= 11 is 0. The molecule has 6 nitrogen and oxygen atoms in total. The molecule has 144 valence electrons. The van der Waals surface area contributed by atoms with Crippen molar-refractivity contribution in [1.29, 1.82) is 0 Å². The smallest absolute Gasteiger partial charge is 0.319 e. The van der Waals surface area contributed by atoms with Crippen molar-refractivity contribution in [2.45, 2.75) is 32.7 Å². The molecule has 1 atom stereocenters. The normalized spacial score (nSPS) is 14.3. The van der Waals surface area contributed by atoms with Gasteiger partial charge in [0.05, 0.1) is 25.0 Å². The number of carbonyl (C=O) groups is 1. The molecule has 1 aliphatic rings. The lowest BCUT2D eigenvalue weighted by Crippen LogP contribution is -2.33. The highest BCUT2D eigenvalue weighted by Crippen LogP contribution is 2.41. The summed E-state index contributed by atoms with van der Waals surface area (Å²) in [6.07, 6.45) is 3.97. The fourth-order valence-electron chi connectivity index (χ4n) is 3.22. The molecule has 1 aromatic heterocycles. The maximum atomic E-state index is 12.5. The van der Waals surface area contributed by atoms with Gasteiger partial charge in [-0.3, -0.25) is 0 Å². The molecule has 2 aromatic rings. The highest BCUT2D eigenvalue weighted by molar-refractivity contribution is 5.89. The molecular formula is C21H28N4O2. The molecule has 0 unspecified atom stereocenters. The van der Waals surface area contributed by atoms with E-state index in [4.69, 9.17) is 4.74 Å². The zero-order valence-electron chi connectivity index (χ0n) is 16.2. The molecular weight excluding hydrogens is 340 g/mol. The maximum absolute atomic E-state index is 12.5. The highest BCUT2D eigenvalue weighted by Gasteiger charge is 2.33. The fourth-order valence-corrected chi connectivity index (χ4v) is 3.22. The highest BCUT2D eigenvalue weighted by atomic mass is 16.5. The van der Waals surface area contributed by atoms with E-state index in [1.54, 1.807) is 13.3 Å². The number of aromatic nitrogens is 1. The fraction of sp³-hybridized carbons (Fsp3) is 0.429. The molecule has 1 fully saturated rings. The van der Waals surface area contributed by atoms with Crippen LogP contribution in [0.1, 0.15) is 38.3 Å². The van der Waals surface area contributed by atoms with Crippen LogP contribution >= 0.6 is 0 Å². The number of amides is 2. The third-order valence-corrected chi connectivity index (χ3v) is 4.95. The van der Waals surface area contributed by atoms with E-state index in [1.165, 1.54) is 0 Å². The molecule has 1 aliphatic carbocycles. The lowest BCUT2D eigenvalue weighted by molar-refractivity contribution is 0.247. The summed E-state index contributed by atoms with van der Waals surface area (Å²) < 4.78 is 5.22. The molecule has 0 saturated heterocycles. The van der Waals surface area contributed by atoms with E-state index in [1.807, 2.05) is 36.4 Å². The van der Waals surface area contributed by atoms with Crippen molar-refractivity contribution in [2.75, 3.05) is 30.4 Å². The molecule has 0 bridgehead atoms. The summed E-state index contributed by atoms with van der Waals surface area (Å²) in [5, 5.41) is 6.01. The Hall–Kier alpha value is -2.76. The van der Waals surface area contributed by atoms with Gasteiger partial charge in [-0.2, -0.15) is 0 Å². The predicted molar refractivity (Wildman–Crippen MR) is 108 cm³/mol. The molecule has 1 saturated carbocycles. The Morgan fingerprint density at radius 2 is 1.89 bits per heavy atom. The van der Waals surface area contributed by atoms with Crippen LogP contribution in [0.2, 0.25) is 0 Å². The summed E-state index contributed by atoms with van der Waals surface area (Å²) in [6, 6.07) is 11.5. The number of methoxy groups -OCH3 is 1. The van der Waals surface area contributed by atoms with Gasteiger partial charge in [-0.1, -0.05) is 12.1 Å². The van der Waals surface area contributed by atoms with Crippen molar-refractivity contribution in [2.24, 2.45) is 5.92 Å². The maximum Gasteiger partial charge on any atom is 0.319 e. The van der Waals surface area contributed by atoms with Crippen LogP contribution in [0.3, 0.4) is 0 Å². The Kier molecular flexibility index (Phi) is 6.16. The Morgan fingerprint density at radius 3 is 2.41 bits per heavy atom. The molecule has 2 amide bonds. The summed E-state index contributed by atoms with van der Waals surface area (Å²) in [4.78, 5) is 19.1. The first kappa shape index (κ1) is 19.0. The second-order valence-electron chi connectivity index (χ2n) is 6.76. The first-order valence-electron chi connectivity index (χ1n) is 9.57. The van der Waals surface area contributed by atoms with Gasteiger partial charge in [0, 0.05) is 13.1 Å². The van der Waals surface area contributed by atoms with Gasteiger partial charge in [-0.05, 0) is 62.4 Å². The third kappa shape index (κ3) is 4.90. The van der Waals surface area contributed by atoms with Crippen LogP contribution in [0.15, 0.2) is 42.6 Å². The number of carbonyl (C=O) groups excluding carboxylic acids is 1. The number of rotatable bonds is 8. The van der Waals surface area contributed by atoms with Crippen molar-refractivity contribution >= 4 is 17.5 Å². The van der Waals surface area contributed by atoms with Gasteiger partial charge in [-0.25, -0.2) is 9.78 Å². The summed E-state index contributed by atoms with van der Waals surface area (Å²) in [5.74, 6) is 2.23. The standard InChI is InChI=1S/C21H28N4O2/c1-4-25(5-2)19-13-10-17(14-22-19)23-21(26)24-20(15-6-7-15)16-8-11-18(27-3)12-9-16/h8-15,20H,4-7H2,1-3H3,(H2,23,24,26)/t20-/m0/s1. The van der Waals surface area contributed by atoms with Gasteiger partial charge in [-0.15, -0.1) is 0 Å². The Labute approximate surface area is 160 Å². The minimum Gasteiger partial charge on any atom is -0.497 e. The molecule has 1 aromatic carbocycles. The van der Waals surface area contributed by atoms with Crippen LogP contribution in [0.5, 0.6) is 5.75 Å². The Morgan fingerprint density at radius 1 is 1.19 bits per heavy atom. The molecule has 3 rings (SSSR count). The molecule has 2 N–H and O–H groups in total. The second kappa shape index (κ2) is 8.75. The number of anilines is 2. The number of urea groups is 1. The molecule has 6 heteroatoms. The summed E-state index contributed by atoms with van der Waals surface area (Å²) in [7, 11) is 1.65. The van der Waals surface area contributed by atoms with E-state index < -0.39 is 0 Å². The van der Waals surface area contributed by atoms with E-state index in [9.17, 15) is 4.79 Å². The number of pyridine rings is 1. The van der Waals surface area contributed by atoms with Crippen LogP contribution < -0.4 is 20.3 Å². The number of hydrogen-bond acceptors (Lipinski definition) is 4. The molecule has 0 aliphatic heterocycles. The largest absolute Gasteiger partial charge is 0.497 e. The Bertz CT molecular complexity index is 738. The lowest BCUT2D eigenvalue weighted by atomic mass is 10.0. The quantitative estimate of drug-likeness (QED) is 0.732. The van der Waals surface area contributed by atoms with Gasteiger partial charge in [0.25, 0.3) is 0 Å².